The van der Waals surface area contributed by atoms with Crippen LogP contribution in [0.5, 0.6) is 5.75 Å². The van der Waals surface area contributed by atoms with Gasteiger partial charge in [-0.05, 0) is 80.8 Å². The van der Waals surface area contributed by atoms with E-state index in [0.717, 1.165) is 36.6 Å². The molecule has 5 rings (SSSR count). The molecule has 2 aromatic carbocycles. The Balaban J connectivity index is 1.43. The van der Waals surface area contributed by atoms with E-state index in [0.29, 0.717) is 39.0 Å². The molecule has 1 amide bonds. The van der Waals surface area contributed by atoms with Crippen LogP contribution < -0.4 is 4.74 Å². The fourth-order valence-corrected chi connectivity index (χ4v) is 5.60. The lowest BCUT2D eigenvalue weighted by Crippen LogP contribution is -2.49. The number of ether oxygens (including phenoxy) is 1. The molecule has 0 saturated carbocycles. The van der Waals surface area contributed by atoms with Crippen molar-refractivity contribution in [1.82, 2.24) is 9.88 Å². The van der Waals surface area contributed by atoms with Gasteiger partial charge in [0.05, 0.1) is 5.02 Å². The van der Waals surface area contributed by atoms with Gasteiger partial charge in [0, 0.05) is 34.8 Å². The molecule has 0 spiro atoms. The van der Waals surface area contributed by atoms with Crippen LogP contribution in [-0.4, -0.2) is 34.0 Å². The van der Waals surface area contributed by atoms with Gasteiger partial charge in [-0.15, -0.1) is 0 Å². The maximum atomic E-state index is 13.5. The van der Waals surface area contributed by atoms with Crippen molar-refractivity contribution in [2.75, 3.05) is 0 Å². The molecular weight excluding hydrogens is 450 g/mol. The van der Waals surface area contributed by atoms with Crippen molar-refractivity contribution < 1.29 is 13.9 Å². The summed E-state index contributed by atoms with van der Waals surface area (Å²) in [5.41, 5.74) is 1.41. The first kappa shape index (κ1) is 21.5. The van der Waals surface area contributed by atoms with E-state index in [-0.39, 0.29) is 5.91 Å². The highest BCUT2D eigenvalue weighted by atomic mass is 35.5. The molecule has 2 fully saturated rings. The minimum atomic E-state index is -0.588. The molecule has 2 bridgehead atoms. The van der Waals surface area contributed by atoms with Gasteiger partial charge in [-0.25, -0.2) is 9.37 Å². The molecule has 7 heteroatoms. The SMILES string of the molecule is C[C@@H](Oc1ccc2c(-c3ccc(F)cc3Cl)cnc(Cl)c2c1)C(=O)N1C2CCCC1CC2. The number of aromatic nitrogens is 1. The predicted octanol–water partition coefficient (Wildman–Crippen LogP) is 6.66. The van der Waals surface area contributed by atoms with E-state index in [1.807, 2.05) is 12.1 Å². The van der Waals surface area contributed by atoms with Crippen LogP contribution in [0, 0.1) is 5.82 Å². The van der Waals surface area contributed by atoms with Crippen LogP contribution >= 0.6 is 23.2 Å². The zero-order valence-electron chi connectivity index (χ0n) is 17.7. The summed E-state index contributed by atoms with van der Waals surface area (Å²) in [7, 11) is 0. The first-order chi connectivity index (χ1) is 15.4. The van der Waals surface area contributed by atoms with Crippen LogP contribution in [0.2, 0.25) is 10.2 Å². The summed E-state index contributed by atoms with van der Waals surface area (Å²) in [4.78, 5) is 19.5. The zero-order valence-corrected chi connectivity index (χ0v) is 19.2. The second-order valence-corrected chi connectivity index (χ2v) is 9.38. The lowest BCUT2D eigenvalue weighted by molar-refractivity contribution is -0.142. The summed E-state index contributed by atoms with van der Waals surface area (Å²) in [5, 5.41) is 2.12. The van der Waals surface area contributed by atoms with Gasteiger partial charge >= 0.3 is 0 Å². The molecule has 2 unspecified atom stereocenters. The number of fused-ring (bicyclic) bond motifs is 3. The van der Waals surface area contributed by atoms with E-state index in [4.69, 9.17) is 27.9 Å². The van der Waals surface area contributed by atoms with Crippen molar-refractivity contribution in [3.63, 3.8) is 0 Å². The van der Waals surface area contributed by atoms with Gasteiger partial charge in [0.15, 0.2) is 6.10 Å². The molecule has 4 nitrogen and oxygen atoms in total. The van der Waals surface area contributed by atoms with Crippen molar-refractivity contribution in [2.24, 2.45) is 0 Å². The number of pyridine rings is 1. The molecule has 0 radical (unpaired) electrons. The Bertz CT molecular complexity index is 1190. The van der Waals surface area contributed by atoms with Crippen LogP contribution in [0.4, 0.5) is 4.39 Å². The molecule has 2 aliphatic heterocycles. The molecule has 3 atom stereocenters. The van der Waals surface area contributed by atoms with Crippen molar-refractivity contribution in [1.29, 1.82) is 0 Å². The maximum absolute atomic E-state index is 13.5. The van der Waals surface area contributed by atoms with Gasteiger partial charge in [-0.2, -0.15) is 0 Å². The van der Waals surface area contributed by atoms with E-state index in [2.05, 4.69) is 9.88 Å². The van der Waals surface area contributed by atoms with Crippen LogP contribution in [0.25, 0.3) is 21.9 Å². The minimum absolute atomic E-state index is 0.0494. The number of carbonyl (C=O) groups is 1. The van der Waals surface area contributed by atoms with E-state index >= 15 is 0 Å². The topological polar surface area (TPSA) is 42.4 Å². The van der Waals surface area contributed by atoms with Gasteiger partial charge in [0.2, 0.25) is 0 Å². The molecule has 2 saturated heterocycles. The summed E-state index contributed by atoms with van der Waals surface area (Å²) >= 11 is 12.7. The van der Waals surface area contributed by atoms with Crippen LogP contribution in [0.1, 0.15) is 39.0 Å². The van der Waals surface area contributed by atoms with Crippen LogP contribution in [0.3, 0.4) is 0 Å². The summed E-state index contributed by atoms with van der Waals surface area (Å²) < 4.78 is 19.5. The Morgan fingerprint density at radius 1 is 1.06 bits per heavy atom. The largest absolute Gasteiger partial charge is 0.481 e. The van der Waals surface area contributed by atoms with Crippen molar-refractivity contribution in [3.05, 3.63) is 58.6 Å². The number of rotatable bonds is 4. The number of hydrogen-bond donors (Lipinski definition) is 0. The highest BCUT2D eigenvalue weighted by Gasteiger charge is 2.41. The number of piperidine rings is 1. The highest BCUT2D eigenvalue weighted by molar-refractivity contribution is 6.36. The Morgan fingerprint density at radius 2 is 1.81 bits per heavy atom. The molecule has 166 valence electrons. The van der Waals surface area contributed by atoms with E-state index < -0.39 is 11.9 Å². The Morgan fingerprint density at radius 3 is 2.53 bits per heavy atom. The number of amides is 1. The third-order valence-electron chi connectivity index (χ3n) is 6.64. The Labute approximate surface area is 196 Å². The second-order valence-electron chi connectivity index (χ2n) is 8.62. The number of carbonyl (C=O) groups excluding carboxylic acids is 1. The Kier molecular flexibility index (Phi) is 5.72. The summed E-state index contributed by atoms with van der Waals surface area (Å²) in [6.45, 7) is 1.80. The quantitative estimate of drug-likeness (QED) is 0.398. The van der Waals surface area contributed by atoms with Gasteiger partial charge in [0.25, 0.3) is 5.91 Å². The van der Waals surface area contributed by atoms with Gasteiger partial charge < -0.3 is 9.64 Å². The van der Waals surface area contributed by atoms with Gasteiger partial charge in [-0.1, -0.05) is 23.2 Å². The highest BCUT2D eigenvalue weighted by Crippen LogP contribution is 2.38. The Hall–Kier alpha value is -2.37. The van der Waals surface area contributed by atoms with E-state index in [1.54, 1.807) is 25.3 Å². The molecule has 0 N–H and O–H groups in total. The standard InChI is InChI=1S/C25H23Cl2FN2O2/c1-14(25(31)30-16-3-2-4-17(30)7-6-16)32-18-8-10-19-21(12-18)24(27)29-13-22(19)20-9-5-15(28)11-23(20)26/h5,8-14,16-17H,2-4,6-7H2,1H3/t14-,16?,17?/m1/s1. The number of benzene rings is 2. The molecule has 0 aliphatic carbocycles. The molecule has 2 aliphatic rings. The third kappa shape index (κ3) is 3.82. The number of nitrogens with zero attached hydrogens (tertiary/aromatic N) is 2. The van der Waals surface area contributed by atoms with Gasteiger partial charge in [0.1, 0.15) is 16.7 Å². The van der Waals surface area contributed by atoms with Crippen molar-refractivity contribution in [3.8, 4) is 16.9 Å². The van der Waals surface area contributed by atoms with Crippen LogP contribution in [-0.2, 0) is 4.79 Å². The van der Waals surface area contributed by atoms with Gasteiger partial charge in [-0.3, -0.25) is 4.79 Å². The fourth-order valence-electron chi connectivity index (χ4n) is 5.13. The smallest absolute Gasteiger partial charge is 0.263 e. The monoisotopic (exact) mass is 472 g/mol. The number of halogens is 3. The summed E-state index contributed by atoms with van der Waals surface area (Å²) in [5.74, 6) is 0.198. The summed E-state index contributed by atoms with van der Waals surface area (Å²) in [6, 6.07) is 10.4. The average Bonchev–Trinajstić information content (AvgIpc) is 3.02. The lowest BCUT2D eigenvalue weighted by Gasteiger charge is -2.36. The van der Waals surface area contributed by atoms with Crippen molar-refractivity contribution >= 4 is 39.9 Å². The first-order valence-electron chi connectivity index (χ1n) is 10.9. The third-order valence-corrected chi connectivity index (χ3v) is 7.26. The molecule has 32 heavy (non-hydrogen) atoms. The number of hydrogen-bond acceptors (Lipinski definition) is 3. The lowest BCUT2D eigenvalue weighted by atomic mass is 10.0. The van der Waals surface area contributed by atoms with Crippen LogP contribution in [0.15, 0.2) is 42.6 Å². The minimum Gasteiger partial charge on any atom is -0.481 e. The zero-order chi connectivity index (χ0) is 22.4. The maximum Gasteiger partial charge on any atom is 0.263 e. The fraction of sp³-hybridized carbons (Fsp3) is 0.360. The average molecular weight is 473 g/mol. The molecule has 3 heterocycles. The summed E-state index contributed by atoms with van der Waals surface area (Å²) in [6.07, 6.45) is 6.59. The second kappa shape index (κ2) is 8.53. The van der Waals surface area contributed by atoms with Crippen molar-refractivity contribution in [2.45, 2.75) is 57.2 Å². The normalized spacial score (nSPS) is 21.1. The predicted molar refractivity (Wildman–Crippen MR) is 125 cm³/mol. The first-order valence-corrected chi connectivity index (χ1v) is 11.7. The molecular formula is C25H23Cl2FN2O2. The molecule has 1 aromatic heterocycles. The van der Waals surface area contributed by atoms with E-state index in [9.17, 15) is 9.18 Å². The van der Waals surface area contributed by atoms with E-state index in [1.165, 1.54) is 18.6 Å². The molecule has 3 aromatic rings.